The van der Waals surface area contributed by atoms with E-state index >= 15 is 0 Å². The molecule has 2 N–H and O–H groups in total. The van der Waals surface area contributed by atoms with Gasteiger partial charge in [-0.05, 0) is 57.8 Å². The van der Waals surface area contributed by atoms with Gasteiger partial charge in [0.1, 0.15) is 13.2 Å². The number of rotatable bonds is 32. The van der Waals surface area contributed by atoms with Crippen molar-refractivity contribution in [3.8, 4) is 0 Å². The molecule has 0 aromatic rings. The minimum Gasteiger partial charge on any atom is -0.756 e. The smallest absolute Gasteiger partial charge is 0.268 e. The number of phosphoric ester groups is 1. The molecule has 0 aromatic heterocycles. The van der Waals surface area contributed by atoms with E-state index in [4.69, 9.17) is 9.05 Å². The van der Waals surface area contributed by atoms with Crippen molar-refractivity contribution in [1.82, 2.24) is 5.32 Å². The fraction of sp³-hybridized carbons (Fsp3) is 0.811. The number of carbonyl (C=O) groups excluding carboxylic acids is 1. The van der Waals surface area contributed by atoms with Gasteiger partial charge < -0.3 is 28.8 Å². The molecule has 8 nitrogen and oxygen atoms in total. The summed E-state index contributed by atoms with van der Waals surface area (Å²) in [6.07, 6.45) is 33.3. The van der Waals surface area contributed by atoms with Gasteiger partial charge in [0.05, 0.1) is 39.9 Å². The first-order valence-electron chi connectivity index (χ1n) is 18.4. The molecule has 46 heavy (non-hydrogen) atoms. The molecule has 0 saturated heterocycles. The molecule has 3 unspecified atom stereocenters. The molecule has 0 bridgehead atoms. The fourth-order valence-electron chi connectivity index (χ4n) is 4.81. The van der Waals surface area contributed by atoms with Gasteiger partial charge in [-0.1, -0.05) is 115 Å². The zero-order valence-corrected chi connectivity index (χ0v) is 31.2. The van der Waals surface area contributed by atoms with E-state index in [-0.39, 0.29) is 12.5 Å². The van der Waals surface area contributed by atoms with E-state index in [1.807, 2.05) is 27.2 Å². The minimum absolute atomic E-state index is 0.00855. The van der Waals surface area contributed by atoms with Gasteiger partial charge in [0.25, 0.3) is 7.82 Å². The van der Waals surface area contributed by atoms with Crippen LogP contribution in [0, 0.1) is 0 Å². The summed E-state index contributed by atoms with van der Waals surface area (Å²) in [6, 6.07) is -0.902. The molecule has 9 heteroatoms. The molecule has 270 valence electrons. The number of hydrogen-bond donors (Lipinski definition) is 2. The highest BCUT2D eigenvalue weighted by atomic mass is 31.2. The van der Waals surface area contributed by atoms with E-state index in [9.17, 15) is 19.4 Å². The van der Waals surface area contributed by atoms with Gasteiger partial charge in [-0.2, -0.15) is 0 Å². The first-order valence-corrected chi connectivity index (χ1v) is 19.8. The topological polar surface area (TPSA) is 108 Å². The Morgan fingerprint density at radius 1 is 0.739 bits per heavy atom. The summed E-state index contributed by atoms with van der Waals surface area (Å²) in [5, 5.41) is 13.6. The van der Waals surface area contributed by atoms with Crippen molar-refractivity contribution < 1.29 is 32.9 Å². The Morgan fingerprint density at radius 3 is 1.80 bits per heavy atom. The number of aliphatic hydroxyl groups is 1. The lowest BCUT2D eigenvalue weighted by Crippen LogP contribution is -2.45. The van der Waals surface area contributed by atoms with Crippen molar-refractivity contribution in [3.05, 3.63) is 36.5 Å². The van der Waals surface area contributed by atoms with E-state index in [0.717, 1.165) is 57.8 Å². The van der Waals surface area contributed by atoms with Gasteiger partial charge in [0, 0.05) is 6.42 Å². The first-order chi connectivity index (χ1) is 22.0. The SMILES string of the molecule is CCCCC/C=C\CCCCCCCC(=O)NC(COP(=O)([O-])OCC[N+](C)(C)C)C(O)/C=C/CC/C=C/CCCCCCCC. The average molecular weight is 671 g/mol. The Bertz CT molecular complexity index is 855. The highest BCUT2D eigenvalue weighted by Crippen LogP contribution is 2.38. The molecule has 0 aromatic carbocycles. The third-order valence-corrected chi connectivity index (χ3v) is 8.79. The molecule has 0 saturated carbocycles. The number of allylic oxidation sites excluding steroid dienone is 5. The van der Waals surface area contributed by atoms with Crippen LogP contribution in [0.4, 0.5) is 0 Å². The monoisotopic (exact) mass is 671 g/mol. The molecule has 0 radical (unpaired) electrons. The lowest BCUT2D eigenvalue weighted by atomic mass is 10.1. The molecule has 0 heterocycles. The van der Waals surface area contributed by atoms with Gasteiger partial charge in [-0.15, -0.1) is 0 Å². The van der Waals surface area contributed by atoms with Gasteiger partial charge in [0.2, 0.25) is 5.91 Å². The highest BCUT2D eigenvalue weighted by molar-refractivity contribution is 7.45. The molecule has 0 spiro atoms. The van der Waals surface area contributed by atoms with E-state index < -0.39 is 26.6 Å². The number of likely N-dealkylation sites (N-methyl/N-ethyl adjacent to an activating group) is 1. The number of hydrogen-bond acceptors (Lipinski definition) is 6. The quantitative estimate of drug-likeness (QED) is 0.0321. The van der Waals surface area contributed by atoms with Crippen LogP contribution in [-0.4, -0.2) is 68.5 Å². The lowest BCUT2D eigenvalue weighted by molar-refractivity contribution is -0.870. The van der Waals surface area contributed by atoms with Crippen molar-refractivity contribution in [1.29, 1.82) is 0 Å². The molecular formula is C37H71N2O6P. The molecule has 1 amide bonds. The van der Waals surface area contributed by atoms with Crippen molar-refractivity contribution in [2.75, 3.05) is 40.9 Å². The number of quaternary nitrogens is 1. The van der Waals surface area contributed by atoms with Gasteiger partial charge in [-0.25, -0.2) is 0 Å². The summed E-state index contributed by atoms with van der Waals surface area (Å²) in [5.74, 6) is -0.222. The van der Waals surface area contributed by atoms with Gasteiger partial charge in [0.15, 0.2) is 0 Å². The van der Waals surface area contributed by atoms with Gasteiger partial charge >= 0.3 is 0 Å². The maximum atomic E-state index is 12.7. The van der Waals surface area contributed by atoms with Crippen LogP contribution >= 0.6 is 7.82 Å². The minimum atomic E-state index is -4.58. The Hall–Kier alpha value is -1.28. The maximum Gasteiger partial charge on any atom is 0.268 e. The Balaban J connectivity index is 4.65. The molecule has 0 aliphatic heterocycles. The molecule has 3 atom stereocenters. The second-order valence-electron chi connectivity index (χ2n) is 13.6. The first kappa shape index (κ1) is 44.7. The number of amides is 1. The van der Waals surface area contributed by atoms with Crippen molar-refractivity contribution in [3.63, 3.8) is 0 Å². The Morgan fingerprint density at radius 2 is 1.22 bits per heavy atom. The van der Waals surface area contributed by atoms with Crippen molar-refractivity contribution in [2.45, 2.75) is 154 Å². The second kappa shape index (κ2) is 29.8. The molecule has 0 aliphatic rings. The van der Waals surface area contributed by atoms with E-state index in [1.54, 1.807) is 6.08 Å². The van der Waals surface area contributed by atoms with Gasteiger partial charge in [-0.3, -0.25) is 9.36 Å². The summed E-state index contributed by atoms with van der Waals surface area (Å²) in [5.41, 5.74) is 0. The Kier molecular flexibility index (Phi) is 29.0. The maximum absolute atomic E-state index is 12.7. The summed E-state index contributed by atoms with van der Waals surface area (Å²) < 4.78 is 23.0. The van der Waals surface area contributed by atoms with E-state index in [0.29, 0.717) is 17.4 Å². The van der Waals surface area contributed by atoms with Crippen LogP contribution in [0.15, 0.2) is 36.5 Å². The summed E-state index contributed by atoms with van der Waals surface area (Å²) in [7, 11) is 1.23. The summed E-state index contributed by atoms with van der Waals surface area (Å²) in [4.78, 5) is 25.1. The van der Waals surface area contributed by atoms with Crippen LogP contribution in [0.2, 0.25) is 0 Å². The number of phosphoric acid groups is 1. The normalized spacial score (nSPS) is 15.2. The largest absolute Gasteiger partial charge is 0.756 e. The van der Waals surface area contributed by atoms with Crippen LogP contribution in [0.5, 0.6) is 0 Å². The fourth-order valence-corrected chi connectivity index (χ4v) is 5.53. The van der Waals surface area contributed by atoms with E-state index in [2.05, 4.69) is 43.5 Å². The summed E-state index contributed by atoms with van der Waals surface area (Å²) >= 11 is 0. The number of nitrogens with one attached hydrogen (secondary N) is 1. The van der Waals surface area contributed by atoms with Crippen LogP contribution in [0.1, 0.15) is 142 Å². The van der Waals surface area contributed by atoms with Crippen LogP contribution in [0.3, 0.4) is 0 Å². The lowest BCUT2D eigenvalue weighted by Gasteiger charge is -2.29. The molecular weight excluding hydrogens is 599 g/mol. The molecule has 0 rings (SSSR count). The zero-order chi connectivity index (χ0) is 34.4. The van der Waals surface area contributed by atoms with Crippen LogP contribution in [-0.2, 0) is 18.4 Å². The van der Waals surface area contributed by atoms with Crippen molar-refractivity contribution >= 4 is 13.7 Å². The predicted molar refractivity (Wildman–Crippen MR) is 191 cm³/mol. The summed E-state index contributed by atoms with van der Waals surface area (Å²) in [6.45, 7) is 4.54. The number of unbranched alkanes of at least 4 members (excludes halogenated alkanes) is 15. The highest BCUT2D eigenvalue weighted by Gasteiger charge is 2.23. The van der Waals surface area contributed by atoms with Crippen LogP contribution < -0.4 is 10.2 Å². The number of carbonyl (C=O) groups is 1. The third kappa shape index (κ3) is 31.3. The number of aliphatic hydroxyl groups excluding tert-OH is 1. The number of nitrogens with zero attached hydrogens (tertiary/aromatic N) is 1. The third-order valence-electron chi connectivity index (χ3n) is 7.82. The van der Waals surface area contributed by atoms with E-state index in [1.165, 1.54) is 64.2 Å². The molecule has 0 fully saturated rings. The van der Waals surface area contributed by atoms with Crippen LogP contribution in [0.25, 0.3) is 0 Å². The second-order valence-corrected chi connectivity index (χ2v) is 15.0. The standard InChI is InChI=1S/C37H71N2O6P/c1-6-8-10-12-14-16-18-20-22-24-26-28-30-36(40)35(34-45-46(42,43)44-33-32-39(3,4)5)38-37(41)31-29-27-25-23-21-19-17-15-13-11-9-7-2/h15,17,20,22,28,30,35-36,40H,6-14,16,18-19,21,23-27,29,31-34H2,1-5H3,(H-,38,41,42,43)/b17-15-,22-20+,30-28+. The average Bonchev–Trinajstić information content (AvgIpc) is 2.99. The Labute approximate surface area is 283 Å². The zero-order valence-electron chi connectivity index (χ0n) is 30.3. The predicted octanol–water partition coefficient (Wildman–Crippen LogP) is 8.55. The molecule has 0 aliphatic carbocycles. The van der Waals surface area contributed by atoms with Crippen molar-refractivity contribution in [2.24, 2.45) is 0 Å².